The number of rotatable bonds is 7. The summed E-state index contributed by atoms with van der Waals surface area (Å²) in [6, 6.07) is 16.0. The minimum absolute atomic E-state index is 0.184. The highest BCUT2D eigenvalue weighted by molar-refractivity contribution is 5.74. The molecule has 2 aromatic carbocycles. The molecule has 0 fully saturated rings. The predicted octanol–water partition coefficient (Wildman–Crippen LogP) is 4.39. The Balaban J connectivity index is 2.33. The van der Waals surface area contributed by atoms with Crippen LogP contribution < -0.4 is 4.74 Å². The summed E-state index contributed by atoms with van der Waals surface area (Å²) in [6.07, 6.45) is 6.72. The minimum atomic E-state index is -0.243. The second-order valence-electron chi connectivity index (χ2n) is 4.62. The zero-order chi connectivity index (χ0) is 14.9. The molecule has 2 nitrogen and oxygen atoms in total. The van der Waals surface area contributed by atoms with E-state index in [9.17, 15) is 5.11 Å². The summed E-state index contributed by atoms with van der Waals surface area (Å²) in [5, 5.41) is 10.6. The lowest BCUT2D eigenvalue weighted by atomic mass is 10.0. The van der Waals surface area contributed by atoms with Crippen molar-refractivity contribution >= 4 is 12.2 Å². The summed E-state index contributed by atoms with van der Waals surface area (Å²) in [5.41, 5.74) is 3.27. The lowest BCUT2D eigenvalue weighted by Gasteiger charge is -2.11. The van der Waals surface area contributed by atoms with Gasteiger partial charge >= 0.3 is 0 Å². The molecule has 0 saturated carbocycles. The van der Waals surface area contributed by atoms with Crippen molar-refractivity contribution in [3.8, 4) is 5.75 Å². The predicted molar refractivity (Wildman–Crippen MR) is 86.8 cm³/mol. The van der Waals surface area contributed by atoms with Gasteiger partial charge in [-0.3, -0.25) is 0 Å². The van der Waals surface area contributed by atoms with Gasteiger partial charge in [-0.05, 0) is 23.6 Å². The minimum Gasteiger partial charge on any atom is -0.490 e. The average molecular weight is 279 g/mol. The molecule has 0 spiro atoms. The maximum Gasteiger partial charge on any atom is 0.126 e. The Labute approximate surface area is 126 Å². The molecule has 0 bridgehead atoms. The normalized spacial score (nSPS) is 10.7. The van der Waals surface area contributed by atoms with E-state index in [2.05, 4.69) is 12.6 Å². The molecule has 0 aromatic heterocycles. The topological polar surface area (TPSA) is 29.1 Å². The highest BCUT2D eigenvalue weighted by Crippen LogP contribution is 2.25. The molecular formula is C19H19O2. The fourth-order valence-electron chi connectivity index (χ4n) is 2.13. The SMILES string of the molecule is C=CCc1cccc(OCC[O])c1C=Cc1ccccc1. The molecule has 2 heteroatoms. The molecule has 0 heterocycles. The Bertz CT molecular complexity index is 600. The van der Waals surface area contributed by atoms with Gasteiger partial charge < -0.3 is 4.74 Å². The van der Waals surface area contributed by atoms with E-state index < -0.39 is 0 Å². The van der Waals surface area contributed by atoms with Gasteiger partial charge in [0.1, 0.15) is 19.0 Å². The smallest absolute Gasteiger partial charge is 0.126 e. The number of benzene rings is 2. The van der Waals surface area contributed by atoms with Gasteiger partial charge in [0.15, 0.2) is 0 Å². The second-order valence-corrected chi connectivity index (χ2v) is 4.62. The van der Waals surface area contributed by atoms with Gasteiger partial charge in [0, 0.05) is 5.56 Å². The molecule has 2 rings (SSSR count). The molecule has 0 aliphatic carbocycles. The van der Waals surface area contributed by atoms with Crippen molar-refractivity contribution in [2.45, 2.75) is 6.42 Å². The van der Waals surface area contributed by atoms with Gasteiger partial charge in [0.2, 0.25) is 0 Å². The van der Waals surface area contributed by atoms with Gasteiger partial charge in [-0.25, -0.2) is 5.11 Å². The summed E-state index contributed by atoms with van der Waals surface area (Å²) in [4.78, 5) is 0. The van der Waals surface area contributed by atoms with Crippen molar-refractivity contribution in [2.24, 2.45) is 0 Å². The maximum absolute atomic E-state index is 10.6. The second kappa shape index (κ2) is 8.08. The van der Waals surface area contributed by atoms with E-state index in [0.717, 1.165) is 28.9 Å². The third kappa shape index (κ3) is 4.33. The molecule has 0 aliphatic heterocycles. The van der Waals surface area contributed by atoms with E-state index in [1.54, 1.807) is 0 Å². The lowest BCUT2D eigenvalue weighted by Crippen LogP contribution is -2.03. The van der Waals surface area contributed by atoms with Crippen LogP contribution in [0.2, 0.25) is 0 Å². The molecule has 0 atom stereocenters. The van der Waals surface area contributed by atoms with Crippen molar-refractivity contribution < 1.29 is 9.84 Å². The molecule has 21 heavy (non-hydrogen) atoms. The van der Waals surface area contributed by atoms with E-state index in [4.69, 9.17) is 4.74 Å². The molecule has 0 unspecified atom stereocenters. The first-order chi connectivity index (χ1) is 10.3. The van der Waals surface area contributed by atoms with E-state index >= 15 is 0 Å². The van der Waals surface area contributed by atoms with Crippen molar-refractivity contribution in [1.82, 2.24) is 0 Å². The van der Waals surface area contributed by atoms with E-state index in [1.165, 1.54) is 0 Å². The van der Waals surface area contributed by atoms with E-state index in [1.807, 2.05) is 60.7 Å². The summed E-state index contributed by atoms with van der Waals surface area (Å²) in [6.45, 7) is 3.73. The van der Waals surface area contributed by atoms with Crippen LogP contribution >= 0.6 is 0 Å². The fourth-order valence-corrected chi connectivity index (χ4v) is 2.13. The Kier molecular flexibility index (Phi) is 5.80. The van der Waals surface area contributed by atoms with Crippen LogP contribution in [-0.2, 0) is 11.5 Å². The molecule has 0 N–H and O–H groups in total. The van der Waals surface area contributed by atoms with Gasteiger partial charge in [-0.15, -0.1) is 6.58 Å². The van der Waals surface area contributed by atoms with Crippen molar-refractivity contribution in [1.29, 1.82) is 0 Å². The summed E-state index contributed by atoms with van der Waals surface area (Å²) < 4.78 is 5.56. The highest BCUT2D eigenvalue weighted by atomic mass is 16.5. The van der Waals surface area contributed by atoms with Crippen molar-refractivity contribution in [3.63, 3.8) is 0 Å². The van der Waals surface area contributed by atoms with Gasteiger partial charge in [-0.1, -0.05) is 60.7 Å². The monoisotopic (exact) mass is 279 g/mol. The van der Waals surface area contributed by atoms with Crippen molar-refractivity contribution in [3.05, 3.63) is 77.9 Å². The number of ether oxygens (including phenoxy) is 1. The van der Waals surface area contributed by atoms with Gasteiger partial charge in [-0.2, -0.15) is 0 Å². The van der Waals surface area contributed by atoms with Crippen LogP contribution in [0.25, 0.3) is 12.2 Å². The van der Waals surface area contributed by atoms with E-state index in [-0.39, 0.29) is 13.2 Å². The third-order valence-electron chi connectivity index (χ3n) is 3.10. The molecular weight excluding hydrogens is 260 g/mol. The molecule has 0 amide bonds. The van der Waals surface area contributed by atoms with Gasteiger partial charge in [0.05, 0.1) is 0 Å². The zero-order valence-electron chi connectivity index (χ0n) is 12.0. The fraction of sp³-hybridized carbons (Fsp3) is 0.158. The van der Waals surface area contributed by atoms with Crippen LogP contribution in [0.4, 0.5) is 0 Å². The summed E-state index contributed by atoms with van der Waals surface area (Å²) in [7, 11) is 0. The number of allylic oxidation sites excluding steroid dienone is 1. The Morgan fingerprint density at radius 2 is 1.81 bits per heavy atom. The van der Waals surface area contributed by atoms with Crippen LogP contribution in [0, 0.1) is 0 Å². The first kappa shape index (κ1) is 15.1. The largest absolute Gasteiger partial charge is 0.490 e. The van der Waals surface area contributed by atoms with Crippen LogP contribution in [0.3, 0.4) is 0 Å². The Morgan fingerprint density at radius 3 is 2.52 bits per heavy atom. The third-order valence-corrected chi connectivity index (χ3v) is 3.10. The Morgan fingerprint density at radius 1 is 1.00 bits per heavy atom. The lowest BCUT2D eigenvalue weighted by molar-refractivity contribution is 0.138. The van der Waals surface area contributed by atoms with E-state index in [0.29, 0.717) is 0 Å². The summed E-state index contributed by atoms with van der Waals surface area (Å²) >= 11 is 0. The summed E-state index contributed by atoms with van der Waals surface area (Å²) in [5.74, 6) is 0.748. The molecule has 2 aromatic rings. The zero-order valence-corrected chi connectivity index (χ0v) is 12.0. The van der Waals surface area contributed by atoms with Crippen LogP contribution in [0.1, 0.15) is 16.7 Å². The molecule has 0 saturated heterocycles. The van der Waals surface area contributed by atoms with Crippen molar-refractivity contribution in [2.75, 3.05) is 13.2 Å². The van der Waals surface area contributed by atoms with Crippen LogP contribution in [0.5, 0.6) is 5.75 Å². The highest BCUT2D eigenvalue weighted by Gasteiger charge is 2.06. The van der Waals surface area contributed by atoms with Crippen LogP contribution in [-0.4, -0.2) is 13.2 Å². The number of hydrogen-bond acceptors (Lipinski definition) is 1. The maximum atomic E-state index is 10.6. The molecule has 1 radical (unpaired) electrons. The van der Waals surface area contributed by atoms with Crippen LogP contribution in [0.15, 0.2) is 61.2 Å². The Hall–Kier alpha value is -2.32. The first-order valence-corrected chi connectivity index (χ1v) is 7.02. The standard InChI is InChI=1S/C19H19O2/c1-2-7-17-10-6-11-19(21-15-14-20)18(17)13-12-16-8-4-3-5-9-16/h2-6,8-13H,1,7,14-15H2. The molecule has 0 aliphatic rings. The number of hydrogen-bond donors (Lipinski definition) is 0. The van der Waals surface area contributed by atoms with Gasteiger partial charge in [0.25, 0.3) is 0 Å². The average Bonchev–Trinajstić information content (AvgIpc) is 2.53. The molecule has 107 valence electrons. The quantitative estimate of drug-likeness (QED) is 0.545. The first-order valence-electron chi connectivity index (χ1n) is 7.02.